The Morgan fingerprint density at radius 3 is 2.79 bits per heavy atom. The van der Waals surface area contributed by atoms with Gasteiger partial charge in [-0.05, 0) is 72.7 Å². The van der Waals surface area contributed by atoms with Crippen LogP contribution in [0.25, 0.3) is 11.4 Å². The van der Waals surface area contributed by atoms with Gasteiger partial charge >= 0.3 is 0 Å². The normalized spacial score (nSPS) is 14.2. The van der Waals surface area contributed by atoms with E-state index >= 15 is 0 Å². The molecule has 2 aromatic carbocycles. The van der Waals surface area contributed by atoms with Crippen LogP contribution in [0.2, 0.25) is 0 Å². The van der Waals surface area contributed by atoms with Crippen molar-refractivity contribution in [1.29, 1.82) is 0 Å². The molecule has 0 bridgehead atoms. The highest BCUT2D eigenvalue weighted by molar-refractivity contribution is 5.97. The molecule has 0 radical (unpaired) electrons. The van der Waals surface area contributed by atoms with Crippen LogP contribution in [0.1, 0.15) is 37.3 Å². The Labute approximate surface area is 163 Å². The van der Waals surface area contributed by atoms with Crippen molar-refractivity contribution in [2.24, 2.45) is 0 Å². The summed E-state index contributed by atoms with van der Waals surface area (Å²) in [6.07, 6.45) is 4.63. The maximum Gasteiger partial charge on any atom is 0.265 e. The lowest BCUT2D eigenvalue weighted by Crippen LogP contribution is -2.32. The van der Waals surface area contributed by atoms with Crippen molar-refractivity contribution in [3.05, 3.63) is 53.6 Å². The number of rotatable bonds is 6. The molecule has 0 fully saturated rings. The topological polar surface area (TPSA) is 92.8 Å². The highest BCUT2D eigenvalue weighted by atomic mass is 16.5. The maximum absolute atomic E-state index is 12.9. The molecule has 0 unspecified atom stereocenters. The van der Waals surface area contributed by atoms with Crippen LogP contribution >= 0.6 is 0 Å². The minimum atomic E-state index is -0.583. The van der Waals surface area contributed by atoms with Crippen molar-refractivity contribution in [2.75, 3.05) is 5.32 Å². The molecular weight excluding hydrogens is 354 g/mol. The predicted octanol–water partition coefficient (Wildman–Crippen LogP) is 3.54. The third-order valence-corrected chi connectivity index (χ3v) is 5.03. The zero-order chi connectivity index (χ0) is 19.3. The van der Waals surface area contributed by atoms with Gasteiger partial charge in [-0.2, -0.15) is 5.21 Å². The van der Waals surface area contributed by atoms with Crippen molar-refractivity contribution >= 4 is 11.6 Å². The van der Waals surface area contributed by atoms with Crippen LogP contribution in [0.5, 0.6) is 5.75 Å². The summed E-state index contributed by atoms with van der Waals surface area (Å²) in [5.41, 5.74) is 4.06. The summed E-state index contributed by atoms with van der Waals surface area (Å²) in [6, 6.07) is 13.5. The van der Waals surface area contributed by atoms with E-state index in [4.69, 9.17) is 4.74 Å². The smallest absolute Gasteiger partial charge is 0.265 e. The molecular formula is C21H23N5O2. The molecule has 28 heavy (non-hydrogen) atoms. The number of ether oxygens (including phenoxy) is 1. The summed E-state index contributed by atoms with van der Waals surface area (Å²) in [5, 5.41) is 17.0. The summed E-state index contributed by atoms with van der Waals surface area (Å²) in [5.74, 6) is 0.977. The van der Waals surface area contributed by atoms with E-state index in [9.17, 15) is 4.79 Å². The second-order valence-corrected chi connectivity index (χ2v) is 6.92. The molecule has 0 saturated carbocycles. The Morgan fingerprint density at radius 1 is 1.18 bits per heavy atom. The van der Waals surface area contributed by atoms with Gasteiger partial charge < -0.3 is 10.1 Å². The van der Waals surface area contributed by atoms with Gasteiger partial charge in [-0.25, -0.2) is 0 Å². The molecule has 1 heterocycles. The quantitative estimate of drug-likeness (QED) is 0.685. The van der Waals surface area contributed by atoms with E-state index in [-0.39, 0.29) is 5.91 Å². The van der Waals surface area contributed by atoms with Crippen molar-refractivity contribution < 1.29 is 9.53 Å². The number of hydrogen-bond donors (Lipinski definition) is 2. The number of carbonyl (C=O) groups excluding carboxylic acids is 1. The number of benzene rings is 2. The average Bonchev–Trinajstić information content (AvgIpc) is 3.27. The van der Waals surface area contributed by atoms with E-state index < -0.39 is 6.10 Å². The first-order valence-electron chi connectivity index (χ1n) is 9.66. The van der Waals surface area contributed by atoms with Crippen LogP contribution in [-0.4, -0.2) is 32.6 Å². The molecule has 1 aliphatic carbocycles. The fourth-order valence-corrected chi connectivity index (χ4v) is 3.55. The average molecular weight is 377 g/mol. The van der Waals surface area contributed by atoms with Crippen LogP contribution < -0.4 is 10.1 Å². The molecule has 7 heteroatoms. The molecule has 3 aromatic rings. The number of anilines is 1. The molecule has 0 saturated heterocycles. The largest absolute Gasteiger partial charge is 0.481 e. The van der Waals surface area contributed by atoms with E-state index in [1.54, 1.807) is 0 Å². The number of nitrogens with one attached hydrogen (secondary N) is 2. The van der Waals surface area contributed by atoms with Gasteiger partial charge in [-0.3, -0.25) is 4.79 Å². The van der Waals surface area contributed by atoms with E-state index in [0.717, 1.165) is 18.6 Å². The van der Waals surface area contributed by atoms with Gasteiger partial charge in [0.05, 0.1) is 5.69 Å². The van der Waals surface area contributed by atoms with Gasteiger partial charge in [-0.1, -0.05) is 25.1 Å². The summed E-state index contributed by atoms with van der Waals surface area (Å²) < 4.78 is 6.03. The molecule has 0 aliphatic heterocycles. The van der Waals surface area contributed by atoms with Gasteiger partial charge in [0.15, 0.2) is 6.10 Å². The first-order valence-corrected chi connectivity index (χ1v) is 9.66. The lowest BCUT2D eigenvalue weighted by molar-refractivity contribution is -0.122. The molecule has 1 amide bonds. The van der Waals surface area contributed by atoms with Crippen LogP contribution in [0, 0.1) is 0 Å². The molecule has 7 nitrogen and oxygen atoms in total. The molecule has 0 spiro atoms. The second kappa shape index (κ2) is 8.21. The monoisotopic (exact) mass is 377 g/mol. The number of aromatic amines is 1. The van der Waals surface area contributed by atoms with Crippen molar-refractivity contribution in [3.8, 4) is 17.1 Å². The van der Waals surface area contributed by atoms with E-state index in [0.29, 0.717) is 23.5 Å². The predicted molar refractivity (Wildman–Crippen MR) is 106 cm³/mol. The molecule has 4 rings (SSSR count). The van der Waals surface area contributed by atoms with Crippen molar-refractivity contribution in [3.63, 3.8) is 0 Å². The Morgan fingerprint density at radius 2 is 2.00 bits per heavy atom. The number of para-hydroxylation sites is 1. The van der Waals surface area contributed by atoms with Gasteiger partial charge in [-0.15, -0.1) is 10.2 Å². The molecule has 144 valence electrons. The van der Waals surface area contributed by atoms with Gasteiger partial charge in [0.25, 0.3) is 5.91 Å². The highest BCUT2D eigenvalue weighted by Crippen LogP contribution is 2.27. The van der Waals surface area contributed by atoms with Crippen molar-refractivity contribution in [2.45, 2.75) is 45.1 Å². The van der Waals surface area contributed by atoms with Gasteiger partial charge in [0.2, 0.25) is 5.82 Å². The third-order valence-electron chi connectivity index (χ3n) is 5.03. The van der Waals surface area contributed by atoms with Crippen molar-refractivity contribution in [1.82, 2.24) is 20.6 Å². The Kier molecular flexibility index (Phi) is 5.32. The Balaban J connectivity index is 1.50. The van der Waals surface area contributed by atoms with Crippen LogP contribution in [0.4, 0.5) is 5.69 Å². The zero-order valence-corrected chi connectivity index (χ0v) is 15.8. The zero-order valence-electron chi connectivity index (χ0n) is 15.8. The van der Waals surface area contributed by atoms with Crippen LogP contribution in [0.3, 0.4) is 0 Å². The summed E-state index contributed by atoms with van der Waals surface area (Å²) in [7, 11) is 0. The van der Waals surface area contributed by atoms with E-state index in [2.05, 4.69) is 38.1 Å². The molecule has 1 aliphatic rings. The minimum Gasteiger partial charge on any atom is -0.481 e. The minimum absolute atomic E-state index is 0.198. The van der Waals surface area contributed by atoms with E-state index in [1.807, 2.05) is 37.3 Å². The third kappa shape index (κ3) is 3.88. The van der Waals surface area contributed by atoms with Crippen LogP contribution in [0.15, 0.2) is 42.5 Å². The number of amides is 1. The first kappa shape index (κ1) is 18.2. The fraction of sp³-hybridized carbons (Fsp3) is 0.333. The number of tetrazole rings is 1. The second-order valence-electron chi connectivity index (χ2n) is 6.92. The fourth-order valence-electron chi connectivity index (χ4n) is 3.55. The molecule has 2 N–H and O–H groups in total. The summed E-state index contributed by atoms with van der Waals surface area (Å²) in [4.78, 5) is 12.9. The number of nitrogens with zero attached hydrogens (tertiary/aromatic N) is 3. The highest BCUT2D eigenvalue weighted by Gasteiger charge is 2.21. The lowest BCUT2D eigenvalue weighted by Gasteiger charge is -2.21. The first-order chi connectivity index (χ1) is 13.7. The number of carbonyl (C=O) groups is 1. The number of hydrogen-bond acceptors (Lipinski definition) is 5. The Bertz CT molecular complexity index is 955. The Hall–Kier alpha value is -3.22. The van der Waals surface area contributed by atoms with E-state index in [1.165, 1.54) is 24.0 Å². The standard InChI is InChI=1S/C21H23N5O2/c1-2-19(28-16-12-11-14-7-3-4-8-15(14)13-16)21(27)22-18-10-6-5-9-17(18)20-23-25-26-24-20/h5-6,9-13,19H,2-4,7-8H2,1H3,(H,22,27)(H,23,24,25,26)/t19-/m0/s1. The summed E-state index contributed by atoms with van der Waals surface area (Å²) in [6.45, 7) is 1.94. The maximum atomic E-state index is 12.9. The van der Waals surface area contributed by atoms with Crippen LogP contribution in [-0.2, 0) is 17.6 Å². The number of fused-ring (bicyclic) bond motifs is 1. The SMILES string of the molecule is CC[C@H](Oc1ccc2c(c1)CCCC2)C(=O)Nc1ccccc1-c1nn[nH]n1. The number of H-pyrrole nitrogens is 1. The number of aromatic nitrogens is 4. The summed E-state index contributed by atoms with van der Waals surface area (Å²) >= 11 is 0. The van der Waals surface area contributed by atoms with Gasteiger partial charge in [0, 0.05) is 5.56 Å². The lowest BCUT2D eigenvalue weighted by atomic mass is 9.92. The molecule has 1 aromatic heterocycles. The van der Waals surface area contributed by atoms with Gasteiger partial charge in [0.1, 0.15) is 5.75 Å². The number of aryl methyl sites for hydroxylation is 2. The molecule has 1 atom stereocenters.